The van der Waals surface area contributed by atoms with Crippen molar-refractivity contribution in [2.45, 2.75) is 32.1 Å². The van der Waals surface area contributed by atoms with Crippen molar-refractivity contribution in [3.8, 4) is 0 Å². The molecule has 0 saturated carbocycles. The van der Waals surface area contributed by atoms with Crippen molar-refractivity contribution >= 4 is 22.7 Å². The van der Waals surface area contributed by atoms with E-state index in [0.717, 1.165) is 18.4 Å². The van der Waals surface area contributed by atoms with Gasteiger partial charge in [0.2, 0.25) is 11.8 Å². The summed E-state index contributed by atoms with van der Waals surface area (Å²) in [7, 11) is 0. The summed E-state index contributed by atoms with van der Waals surface area (Å²) < 4.78 is 0. The smallest absolute Gasteiger partial charge is 0.222 e. The lowest BCUT2D eigenvalue weighted by molar-refractivity contribution is -0.134. The van der Waals surface area contributed by atoms with Crippen molar-refractivity contribution in [1.29, 1.82) is 0 Å². The van der Waals surface area contributed by atoms with Gasteiger partial charge in [0.25, 0.3) is 0 Å². The van der Waals surface area contributed by atoms with Crippen molar-refractivity contribution < 1.29 is 9.59 Å². The maximum Gasteiger partial charge on any atom is 0.222 e. The van der Waals surface area contributed by atoms with E-state index in [4.69, 9.17) is 5.73 Å². The van der Waals surface area contributed by atoms with Crippen molar-refractivity contribution in [2.24, 2.45) is 11.7 Å². The Hall–Kier alpha value is -2.30. The Morgan fingerprint density at radius 2 is 1.96 bits per heavy atom. The lowest BCUT2D eigenvalue weighted by Gasteiger charge is -2.30. The largest absolute Gasteiger partial charge is 0.369 e. The van der Waals surface area contributed by atoms with E-state index < -0.39 is 0 Å². The minimum Gasteiger partial charge on any atom is -0.369 e. The maximum absolute atomic E-state index is 12.3. The number of likely N-dealkylation sites (tertiary alicyclic amines) is 1. The molecule has 0 atom stereocenters. The summed E-state index contributed by atoms with van der Waals surface area (Å²) in [6, 6.07) is 8.22. The molecule has 0 unspecified atom stereocenters. The molecule has 1 saturated heterocycles. The number of carbonyl (C=O) groups is 2. The number of fused-ring (bicyclic) bond motifs is 1. The third-order valence-electron chi connectivity index (χ3n) is 4.76. The Balaban J connectivity index is 1.47. The zero-order valence-electron chi connectivity index (χ0n) is 13.3. The van der Waals surface area contributed by atoms with E-state index in [1.54, 1.807) is 0 Å². The number of hydrogen-bond acceptors (Lipinski definition) is 2. The van der Waals surface area contributed by atoms with Crippen LogP contribution in [-0.4, -0.2) is 34.8 Å². The van der Waals surface area contributed by atoms with Gasteiger partial charge < -0.3 is 15.6 Å². The van der Waals surface area contributed by atoms with Crippen LogP contribution in [0.4, 0.5) is 0 Å². The molecule has 0 bridgehead atoms. The number of para-hydroxylation sites is 1. The molecule has 3 N–H and O–H groups in total. The van der Waals surface area contributed by atoms with Gasteiger partial charge in [0, 0.05) is 42.5 Å². The Kier molecular flexibility index (Phi) is 4.65. The summed E-state index contributed by atoms with van der Waals surface area (Å²) in [5.74, 6) is -0.116. The number of nitrogens with zero attached hydrogens (tertiary/aromatic N) is 1. The molecule has 1 aliphatic heterocycles. The average Bonchev–Trinajstić information content (AvgIpc) is 2.98. The molecule has 1 aliphatic rings. The number of aromatic amines is 1. The van der Waals surface area contributed by atoms with E-state index in [2.05, 4.69) is 17.1 Å². The first-order valence-corrected chi connectivity index (χ1v) is 8.27. The molecule has 23 heavy (non-hydrogen) atoms. The molecule has 1 aromatic heterocycles. The van der Waals surface area contributed by atoms with E-state index >= 15 is 0 Å². The number of aromatic nitrogens is 1. The van der Waals surface area contributed by atoms with Crippen LogP contribution in [0.15, 0.2) is 30.5 Å². The fourth-order valence-electron chi connectivity index (χ4n) is 3.34. The topological polar surface area (TPSA) is 79.2 Å². The predicted octanol–water partition coefficient (Wildman–Crippen LogP) is 2.21. The van der Waals surface area contributed by atoms with Crippen LogP contribution >= 0.6 is 0 Å². The minimum atomic E-state index is -0.239. The lowest BCUT2D eigenvalue weighted by atomic mass is 9.96. The van der Waals surface area contributed by atoms with Gasteiger partial charge in [-0.2, -0.15) is 0 Å². The zero-order valence-corrected chi connectivity index (χ0v) is 13.3. The quantitative estimate of drug-likeness (QED) is 0.887. The van der Waals surface area contributed by atoms with Crippen LogP contribution in [-0.2, 0) is 16.0 Å². The normalized spacial score (nSPS) is 15.9. The summed E-state index contributed by atoms with van der Waals surface area (Å²) in [6.45, 7) is 1.30. The number of nitrogens with one attached hydrogen (secondary N) is 1. The van der Waals surface area contributed by atoms with E-state index in [1.807, 2.05) is 23.2 Å². The van der Waals surface area contributed by atoms with Crippen LogP contribution in [0.3, 0.4) is 0 Å². The number of benzene rings is 1. The molecular formula is C18H23N3O2. The third-order valence-corrected chi connectivity index (χ3v) is 4.76. The molecule has 0 radical (unpaired) electrons. The minimum absolute atomic E-state index is 0.0646. The molecule has 3 rings (SSSR count). The molecule has 0 aliphatic carbocycles. The van der Waals surface area contributed by atoms with Crippen molar-refractivity contribution in [3.05, 3.63) is 36.0 Å². The number of nitrogens with two attached hydrogens (primary N) is 1. The van der Waals surface area contributed by atoms with Crippen molar-refractivity contribution in [1.82, 2.24) is 9.88 Å². The van der Waals surface area contributed by atoms with E-state index in [0.29, 0.717) is 32.4 Å². The van der Waals surface area contributed by atoms with Crippen molar-refractivity contribution in [2.75, 3.05) is 13.1 Å². The number of rotatable bonds is 5. The second kappa shape index (κ2) is 6.86. The lowest BCUT2D eigenvalue weighted by Crippen LogP contribution is -2.41. The molecule has 5 heteroatoms. The highest BCUT2D eigenvalue weighted by atomic mass is 16.2. The fourth-order valence-corrected chi connectivity index (χ4v) is 3.34. The van der Waals surface area contributed by atoms with Gasteiger partial charge in [-0.1, -0.05) is 18.2 Å². The van der Waals surface area contributed by atoms with Gasteiger partial charge in [-0.15, -0.1) is 0 Å². The van der Waals surface area contributed by atoms with Crippen LogP contribution in [0, 0.1) is 5.92 Å². The Bertz CT molecular complexity index is 699. The fraction of sp³-hybridized carbons (Fsp3) is 0.444. The van der Waals surface area contributed by atoms with Crippen LogP contribution in [0.5, 0.6) is 0 Å². The Morgan fingerprint density at radius 1 is 1.22 bits per heavy atom. The van der Waals surface area contributed by atoms with Crippen LogP contribution < -0.4 is 5.73 Å². The average molecular weight is 313 g/mol. The molecule has 2 heterocycles. The molecule has 1 fully saturated rings. The number of amides is 2. The number of carbonyl (C=O) groups excluding carboxylic acids is 2. The predicted molar refractivity (Wildman–Crippen MR) is 89.7 cm³/mol. The Morgan fingerprint density at radius 3 is 2.70 bits per heavy atom. The molecule has 122 valence electrons. The summed E-state index contributed by atoms with van der Waals surface area (Å²) in [6.07, 6.45) is 5.73. The summed E-state index contributed by atoms with van der Waals surface area (Å²) in [5.41, 5.74) is 7.73. The second-order valence-corrected chi connectivity index (χ2v) is 6.27. The summed E-state index contributed by atoms with van der Waals surface area (Å²) >= 11 is 0. The first-order valence-electron chi connectivity index (χ1n) is 8.27. The number of aryl methyl sites for hydroxylation is 1. The SMILES string of the molecule is NC(=O)C1CCN(C(=O)CCCc2c[nH]c3ccccc23)CC1. The van der Waals surface area contributed by atoms with Gasteiger partial charge in [-0.25, -0.2) is 0 Å². The van der Waals surface area contributed by atoms with Gasteiger partial charge in [0.15, 0.2) is 0 Å². The number of primary amides is 1. The van der Waals surface area contributed by atoms with E-state index in [9.17, 15) is 9.59 Å². The number of hydrogen-bond donors (Lipinski definition) is 2. The first-order chi connectivity index (χ1) is 11.1. The third kappa shape index (κ3) is 3.55. The van der Waals surface area contributed by atoms with Crippen molar-refractivity contribution in [3.63, 3.8) is 0 Å². The van der Waals surface area contributed by atoms with Gasteiger partial charge >= 0.3 is 0 Å². The highest BCUT2D eigenvalue weighted by Gasteiger charge is 2.25. The zero-order chi connectivity index (χ0) is 16.2. The summed E-state index contributed by atoms with van der Waals surface area (Å²) in [4.78, 5) is 28.6. The summed E-state index contributed by atoms with van der Waals surface area (Å²) in [5, 5.41) is 1.24. The van der Waals surface area contributed by atoms with Crippen LogP contribution in [0.1, 0.15) is 31.2 Å². The van der Waals surface area contributed by atoms with E-state index in [-0.39, 0.29) is 17.7 Å². The maximum atomic E-state index is 12.3. The molecule has 2 aromatic rings. The molecular weight excluding hydrogens is 290 g/mol. The van der Waals surface area contributed by atoms with Gasteiger partial charge in [-0.05, 0) is 37.3 Å². The molecule has 5 nitrogen and oxygen atoms in total. The highest BCUT2D eigenvalue weighted by molar-refractivity contribution is 5.83. The molecule has 0 spiro atoms. The van der Waals surface area contributed by atoms with Crippen LogP contribution in [0.25, 0.3) is 10.9 Å². The molecule has 1 aromatic carbocycles. The van der Waals surface area contributed by atoms with Gasteiger partial charge in [0.1, 0.15) is 0 Å². The van der Waals surface area contributed by atoms with Crippen LogP contribution in [0.2, 0.25) is 0 Å². The first kappa shape index (κ1) is 15.6. The molecule has 2 amide bonds. The second-order valence-electron chi connectivity index (χ2n) is 6.27. The van der Waals surface area contributed by atoms with Gasteiger partial charge in [-0.3, -0.25) is 9.59 Å². The highest BCUT2D eigenvalue weighted by Crippen LogP contribution is 2.21. The van der Waals surface area contributed by atoms with Gasteiger partial charge in [0.05, 0.1) is 0 Å². The number of piperidine rings is 1. The monoisotopic (exact) mass is 313 g/mol. The van der Waals surface area contributed by atoms with E-state index in [1.165, 1.54) is 10.9 Å². The standard InChI is InChI=1S/C18H23N3O2/c19-18(23)13-8-10-21(11-9-13)17(22)7-3-4-14-12-20-16-6-2-1-5-15(14)16/h1-2,5-6,12-13,20H,3-4,7-11H2,(H2,19,23). The number of H-pyrrole nitrogens is 1. The Labute approximate surface area is 135 Å².